The molecule has 4 rings (SSSR count). The molecular weight excluding hydrogens is 423 g/mol. The van der Waals surface area contributed by atoms with Crippen molar-refractivity contribution < 1.29 is 24.2 Å². The molecule has 0 aliphatic heterocycles. The van der Waals surface area contributed by atoms with E-state index in [9.17, 15) is 9.59 Å². The molecule has 2 heterocycles. The monoisotopic (exact) mass is 443 g/mol. The van der Waals surface area contributed by atoms with Crippen LogP contribution in [0, 0.1) is 6.92 Å². The SMILES string of the molecule is COc1ccc2nc3c(c(C)nn3C(=O)OCc3ccccc3)c(NCC(=O)O)c2c1.[Na]. The summed E-state index contributed by atoms with van der Waals surface area (Å²) < 4.78 is 11.8. The Balaban J connectivity index is 0.00000289. The van der Waals surface area contributed by atoms with E-state index >= 15 is 0 Å². The summed E-state index contributed by atoms with van der Waals surface area (Å²) in [5.74, 6) is -0.423. The number of methoxy groups -OCH3 is 1. The summed E-state index contributed by atoms with van der Waals surface area (Å²) in [7, 11) is 1.55. The van der Waals surface area contributed by atoms with Crippen molar-refractivity contribution in [2.45, 2.75) is 13.5 Å². The predicted molar refractivity (Wildman–Crippen MR) is 120 cm³/mol. The first-order chi connectivity index (χ1) is 15.0. The van der Waals surface area contributed by atoms with Crippen molar-refractivity contribution in [1.29, 1.82) is 0 Å². The zero-order chi connectivity index (χ0) is 22.0. The van der Waals surface area contributed by atoms with E-state index in [2.05, 4.69) is 15.4 Å². The molecule has 2 aromatic carbocycles. The summed E-state index contributed by atoms with van der Waals surface area (Å²) in [6.07, 6.45) is -0.675. The van der Waals surface area contributed by atoms with Crippen LogP contribution in [0.4, 0.5) is 10.5 Å². The molecule has 32 heavy (non-hydrogen) atoms. The van der Waals surface area contributed by atoms with Crippen LogP contribution in [0.1, 0.15) is 11.3 Å². The number of rotatable bonds is 6. The maximum Gasteiger partial charge on any atom is 0.437 e. The molecule has 9 nitrogen and oxygen atoms in total. The predicted octanol–water partition coefficient (Wildman–Crippen LogP) is 3.20. The van der Waals surface area contributed by atoms with E-state index in [1.807, 2.05) is 30.3 Å². The molecule has 159 valence electrons. The average Bonchev–Trinajstić information content (AvgIpc) is 3.11. The first-order valence-corrected chi connectivity index (χ1v) is 9.51. The molecule has 0 bridgehead atoms. The molecule has 2 aromatic heterocycles. The number of fused-ring (bicyclic) bond motifs is 2. The summed E-state index contributed by atoms with van der Waals surface area (Å²) >= 11 is 0. The van der Waals surface area contributed by atoms with Gasteiger partial charge in [-0.05, 0) is 30.7 Å². The number of hydrogen-bond donors (Lipinski definition) is 2. The number of anilines is 1. The van der Waals surface area contributed by atoms with Crippen molar-refractivity contribution in [1.82, 2.24) is 14.8 Å². The Bertz CT molecular complexity index is 1290. The van der Waals surface area contributed by atoms with Gasteiger partial charge in [0.1, 0.15) is 18.9 Å². The van der Waals surface area contributed by atoms with Gasteiger partial charge in [-0.2, -0.15) is 5.10 Å². The second-order valence-electron chi connectivity index (χ2n) is 6.85. The van der Waals surface area contributed by atoms with E-state index in [1.165, 1.54) is 0 Å². The molecule has 0 atom stereocenters. The summed E-state index contributed by atoms with van der Waals surface area (Å²) in [4.78, 5) is 28.5. The molecule has 0 unspecified atom stereocenters. The van der Waals surface area contributed by atoms with Gasteiger partial charge in [-0.25, -0.2) is 9.78 Å². The largest absolute Gasteiger partial charge is 0.497 e. The second kappa shape index (κ2) is 9.99. The number of aryl methyl sites for hydroxylation is 1. The molecule has 0 fully saturated rings. The van der Waals surface area contributed by atoms with Gasteiger partial charge in [-0.3, -0.25) is 4.79 Å². The van der Waals surface area contributed by atoms with Crippen LogP contribution in [0.2, 0.25) is 0 Å². The van der Waals surface area contributed by atoms with E-state index in [-0.39, 0.29) is 48.4 Å². The van der Waals surface area contributed by atoms with Gasteiger partial charge < -0.3 is 19.9 Å². The van der Waals surface area contributed by atoms with Gasteiger partial charge in [0.2, 0.25) is 0 Å². The summed E-state index contributed by atoms with van der Waals surface area (Å²) in [6.45, 7) is 1.51. The fourth-order valence-electron chi connectivity index (χ4n) is 3.36. The van der Waals surface area contributed by atoms with E-state index in [0.29, 0.717) is 33.4 Å². The number of ether oxygens (including phenoxy) is 2. The fraction of sp³-hybridized carbons (Fsp3) is 0.182. The third-order valence-electron chi connectivity index (χ3n) is 4.78. The third kappa shape index (κ3) is 4.69. The molecule has 0 saturated heterocycles. The fourth-order valence-corrected chi connectivity index (χ4v) is 3.36. The van der Waals surface area contributed by atoms with Crippen LogP contribution >= 0.6 is 0 Å². The van der Waals surface area contributed by atoms with E-state index in [1.54, 1.807) is 32.2 Å². The summed E-state index contributed by atoms with van der Waals surface area (Å²) in [5, 5.41) is 17.6. The quantitative estimate of drug-likeness (QED) is 0.437. The van der Waals surface area contributed by atoms with Crippen molar-refractivity contribution in [2.75, 3.05) is 19.0 Å². The van der Waals surface area contributed by atoms with Gasteiger partial charge in [0.05, 0.1) is 29.4 Å². The van der Waals surface area contributed by atoms with Gasteiger partial charge in [-0.15, -0.1) is 4.68 Å². The minimum atomic E-state index is -1.02. The Labute approximate surface area is 205 Å². The maximum atomic E-state index is 12.8. The number of aliphatic carboxylic acids is 1. The smallest absolute Gasteiger partial charge is 0.437 e. The summed E-state index contributed by atoms with van der Waals surface area (Å²) in [6, 6.07) is 14.5. The maximum absolute atomic E-state index is 12.8. The van der Waals surface area contributed by atoms with Crippen molar-refractivity contribution in [3.63, 3.8) is 0 Å². The zero-order valence-electron chi connectivity index (χ0n) is 18.0. The number of nitrogens with zero attached hydrogens (tertiary/aromatic N) is 3. The van der Waals surface area contributed by atoms with Gasteiger partial charge in [-0.1, -0.05) is 30.3 Å². The second-order valence-corrected chi connectivity index (χ2v) is 6.85. The Kier molecular flexibility index (Phi) is 7.34. The number of benzene rings is 2. The number of aromatic nitrogens is 3. The Hall–Kier alpha value is -3.14. The van der Waals surface area contributed by atoms with Crippen LogP contribution in [0.3, 0.4) is 0 Å². The summed E-state index contributed by atoms with van der Waals surface area (Å²) in [5.41, 5.74) is 2.70. The molecule has 0 amide bonds. The molecule has 1 radical (unpaired) electrons. The number of carboxylic acids is 1. The third-order valence-corrected chi connectivity index (χ3v) is 4.78. The van der Waals surface area contributed by atoms with Crippen LogP contribution in [-0.4, -0.2) is 75.1 Å². The molecule has 2 N–H and O–H groups in total. The molecule has 4 aromatic rings. The van der Waals surface area contributed by atoms with E-state index in [4.69, 9.17) is 14.6 Å². The average molecular weight is 443 g/mol. The van der Waals surface area contributed by atoms with Crippen molar-refractivity contribution >= 4 is 69.2 Å². The molecule has 10 heteroatoms. The minimum absolute atomic E-state index is 0. The van der Waals surface area contributed by atoms with Gasteiger partial charge in [0, 0.05) is 34.9 Å². The van der Waals surface area contributed by atoms with Crippen LogP contribution in [0.15, 0.2) is 48.5 Å². The number of pyridine rings is 1. The van der Waals surface area contributed by atoms with Crippen LogP contribution in [-0.2, 0) is 16.1 Å². The number of carboxylic acid groups (broad SMARTS) is 1. The Morgan fingerprint density at radius 3 is 2.59 bits per heavy atom. The normalized spacial score (nSPS) is 10.6. The zero-order valence-corrected chi connectivity index (χ0v) is 20.0. The molecule has 0 aliphatic carbocycles. The first kappa shape index (κ1) is 23.5. The Morgan fingerprint density at radius 2 is 1.91 bits per heavy atom. The number of carbonyl (C=O) groups excluding carboxylic acids is 1. The van der Waals surface area contributed by atoms with Gasteiger partial charge in [0.15, 0.2) is 5.65 Å². The van der Waals surface area contributed by atoms with Crippen molar-refractivity contribution in [2.24, 2.45) is 0 Å². The standard InChI is InChI=1S/C22H20N4O5.Na/c1-13-19-20(23-11-18(27)28)16-10-15(30-2)8-9-17(16)24-21(19)26(25-13)22(29)31-12-14-6-4-3-5-7-14;/h3-10H,11-12H2,1-2H3,(H,23,24)(H,27,28);. The molecule has 0 aliphatic rings. The van der Waals surface area contributed by atoms with Crippen LogP contribution in [0.25, 0.3) is 21.9 Å². The van der Waals surface area contributed by atoms with Crippen molar-refractivity contribution in [3.8, 4) is 5.75 Å². The van der Waals surface area contributed by atoms with Crippen molar-refractivity contribution in [3.05, 3.63) is 59.8 Å². The van der Waals surface area contributed by atoms with E-state index < -0.39 is 12.1 Å². The van der Waals surface area contributed by atoms with Crippen LogP contribution in [0.5, 0.6) is 5.75 Å². The first-order valence-electron chi connectivity index (χ1n) is 9.51. The number of hydrogen-bond acceptors (Lipinski definition) is 7. The van der Waals surface area contributed by atoms with Gasteiger partial charge >= 0.3 is 12.1 Å². The Morgan fingerprint density at radius 1 is 1.16 bits per heavy atom. The molecular formula is C22H20N4NaO5. The van der Waals surface area contributed by atoms with Gasteiger partial charge in [0.25, 0.3) is 0 Å². The van der Waals surface area contributed by atoms with Crippen LogP contribution < -0.4 is 10.1 Å². The number of nitrogens with one attached hydrogen (secondary N) is 1. The topological polar surface area (TPSA) is 116 Å². The minimum Gasteiger partial charge on any atom is -0.497 e. The molecule has 0 saturated carbocycles. The number of carbonyl (C=O) groups is 2. The molecule has 0 spiro atoms. The van der Waals surface area contributed by atoms with E-state index in [0.717, 1.165) is 10.2 Å².